The Balaban J connectivity index is 2.19. The molecule has 2 heteroatoms. The van der Waals surface area contributed by atoms with Gasteiger partial charge in [-0.25, -0.2) is 0 Å². The van der Waals surface area contributed by atoms with Crippen LogP contribution in [0, 0.1) is 12.8 Å². The highest BCUT2D eigenvalue weighted by molar-refractivity contribution is 5.41. The molecule has 0 radical (unpaired) electrons. The molecule has 1 aromatic carbocycles. The van der Waals surface area contributed by atoms with Crippen LogP contribution in [0.4, 0.5) is 0 Å². The van der Waals surface area contributed by atoms with Crippen molar-refractivity contribution in [1.29, 1.82) is 0 Å². The van der Waals surface area contributed by atoms with Gasteiger partial charge in [0.15, 0.2) is 0 Å². The molecule has 0 unspecified atom stereocenters. The van der Waals surface area contributed by atoms with Gasteiger partial charge in [0.1, 0.15) is 5.75 Å². The second-order valence-electron chi connectivity index (χ2n) is 6.31. The zero-order chi connectivity index (χ0) is 14.6. The lowest BCUT2D eigenvalue weighted by Gasteiger charge is -2.49. The topological polar surface area (TPSA) is 21.3 Å². The van der Waals surface area contributed by atoms with Crippen LogP contribution in [0.2, 0.25) is 0 Å². The molecular weight excluding hydrogens is 246 g/mol. The van der Waals surface area contributed by atoms with Crippen molar-refractivity contribution in [2.45, 2.75) is 51.9 Å². The van der Waals surface area contributed by atoms with Gasteiger partial charge in [0.05, 0.1) is 7.11 Å². The van der Waals surface area contributed by atoms with E-state index in [1.54, 1.807) is 7.11 Å². The zero-order valence-corrected chi connectivity index (χ0v) is 13.5. The number of nitrogens with one attached hydrogen (secondary N) is 1. The summed E-state index contributed by atoms with van der Waals surface area (Å²) in [6.45, 7) is 8.73. The van der Waals surface area contributed by atoms with E-state index in [9.17, 15) is 0 Å². The quantitative estimate of drug-likeness (QED) is 0.810. The summed E-state index contributed by atoms with van der Waals surface area (Å²) in [6.07, 6.45) is 5.32. The molecule has 20 heavy (non-hydrogen) atoms. The van der Waals surface area contributed by atoms with Gasteiger partial charge >= 0.3 is 0 Å². The largest absolute Gasteiger partial charge is 0.496 e. The number of aryl methyl sites for hydroxylation is 1. The maximum atomic E-state index is 5.51. The summed E-state index contributed by atoms with van der Waals surface area (Å²) < 4.78 is 5.51. The summed E-state index contributed by atoms with van der Waals surface area (Å²) in [7, 11) is 1.77. The molecule has 0 aliphatic heterocycles. The molecule has 112 valence electrons. The van der Waals surface area contributed by atoms with E-state index < -0.39 is 0 Å². The number of methoxy groups -OCH3 is 1. The van der Waals surface area contributed by atoms with Crippen LogP contribution in [-0.2, 0) is 5.41 Å². The van der Waals surface area contributed by atoms with Gasteiger partial charge in [0.25, 0.3) is 0 Å². The molecule has 0 bridgehead atoms. The van der Waals surface area contributed by atoms with Crippen molar-refractivity contribution >= 4 is 0 Å². The third-order valence-corrected chi connectivity index (χ3v) is 4.79. The van der Waals surface area contributed by atoms with E-state index in [4.69, 9.17) is 4.74 Å². The van der Waals surface area contributed by atoms with Crippen molar-refractivity contribution < 1.29 is 4.74 Å². The molecule has 0 spiro atoms. The first-order valence-electron chi connectivity index (χ1n) is 8.01. The normalized spacial score (nSPS) is 25.3. The number of hydrogen-bond donors (Lipinski definition) is 1. The van der Waals surface area contributed by atoms with Gasteiger partial charge in [-0.15, -0.1) is 0 Å². The van der Waals surface area contributed by atoms with Gasteiger partial charge in [-0.1, -0.05) is 38.8 Å². The Morgan fingerprint density at radius 2 is 2.05 bits per heavy atom. The van der Waals surface area contributed by atoms with Crippen LogP contribution in [0.1, 0.15) is 50.7 Å². The van der Waals surface area contributed by atoms with Crippen LogP contribution in [0.3, 0.4) is 0 Å². The maximum absolute atomic E-state index is 5.51. The van der Waals surface area contributed by atoms with Crippen LogP contribution >= 0.6 is 0 Å². The van der Waals surface area contributed by atoms with Crippen LogP contribution in [0.5, 0.6) is 5.75 Å². The minimum absolute atomic E-state index is 0.330. The average molecular weight is 275 g/mol. The lowest BCUT2D eigenvalue weighted by atomic mass is 9.57. The average Bonchev–Trinajstić information content (AvgIpc) is 2.42. The summed E-state index contributed by atoms with van der Waals surface area (Å²) in [4.78, 5) is 0. The fraction of sp³-hybridized carbons (Fsp3) is 0.667. The zero-order valence-electron chi connectivity index (χ0n) is 13.5. The molecule has 0 amide bonds. The Bertz CT molecular complexity index is 435. The SMILES string of the molecule is CCCC1CC(CNCC)(c2ccc(C)c(OC)c2)C1. The second-order valence-corrected chi connectivity index (χ2v) is 6.31. The number of hydrogen-bond acceptors (Lipinski definition) is 2. The standard InChI is InChI=1S/C18H29NO/c1-5-7-15-11-18(12-15,13-19-6-2)16-9-8-14(3)17(10-16)20-4/h8-10,15,19H,5-7,11-13H2,1-4H3. The lowest BCUT2D eigenvalue weighted by Crippen LogP contribution is -2.48. The number of ether oxygens (including phenoxy) is 1. The molecule has 1 aliphatic rings. The third kappa shape index (κ3) is 3.01. The van der Waals surface area contributed by atoms with Crippen molar-refractivity contribution in [2.24, 2.45) is 5.92 Å². The predicted octanol–water partition coefficient (Wildman–Crippen LogP) is 4.06. The first-order chi connectivity index (χ1) is 9.65. The Hall–Kier alpha value is -1.02. The Morgan fingerprint density at radius 3 is 2.65 bits per heavy atom. The van der Waals surface area contributed by atoms with Crippen molar-refractivity contribution in [1.82, 2.24) is 5.32 Å². The first kappa shape index (κ1) is 15.4. The van der Waals surface area contributed by atoms with Gasteiger partial charge in [-0.3, -0.25) is 0 Å². The summed E-state index contributed by atoms with van der Waals surface area (Å²) >= 11 is 0. The molecule has 2 rings (SSSR count). The highest BCUT2D eigenvalue weighted by Crippen LogP contribution is 2.50. The van der Waals surface area contributed by atoms with Crippen LogP contribution in [-0.4, -0.2) is 20.2 Å². The third-order valence-electron chi connectivity index (χ3n) is 4.79. The number of benzene rings is 1. The lowest BCUT2D eigenvalue weighted by molar-refractivity contribution is 0.129. The Labute approximate surface area is 123 Å². The minimum atomic E-state index is 0.330. The summed E-state index contributed by atoms with van der Waals surface area (Å²) in [5.41, 5.74) is 3.00. The van der Waals surface area contributed by atoms with Gasteiger partial charge in [-0.2, -0.15) is 0 Å². The molecule has 1 aromatic rings. The van der Waals surface area contributed by atoms with Crippen molar-refractivity contribution in [3.05, 3.63) is 29.3 Å². The van der Waals surface area contributed by atoms with E-state index in [-0.39, 0.29) is 0 Å². The summed E-state index contributed by atoms with van der Waals surface area (Å²) in [5, 5.41) is 3.56. The minimum Gasteiger partial charge on any atom is -0.496 e. The van der Waals surface area contributed by atoms with Gasteiger partial charge in [0, 0.05) is 12.0 Å². The Morgan fingerprint density at radius 1 is 1.30 bits per heavy atom. The highest BCUT2D eigenvalue weighted by atomic mass is 16.5. The van der Waals surface area contributed by atoms with E-state index in [2.05, 4.69) is 44.3 Å². The molecule has 2 nitrogen and oxygen atoms in total. The van der Waals surface area contributed by atoms with E-state index in [1.165, 1.54) is 36.8 Å². The van der Waals surface area contributed by atoms with Crippen molar-refractivity contribution in [2.75, 3.05) is 20.2 Å². The number of likely N-dealkylation sites (N-methyl/N-ethyl adjacent to an activating group) is 1. The first-order valence-corrected chi connectivity index (χ1v) is 8.01. The maximum Gasteiger partial charge on any atom is 0.122 e. The van der Waals surface area contributed by atoms with Crippen LogP contribution in [0.25, 0.3) is 0 Å². The van der Waals surface area contributed by atoms with Gasteiger partial charge in [-0.05, 0) is 49.4 Å². The van der Waals surface area contributed by atoms with Crippen molar-refractivity contribution in [3.8, 4) is 5.75 Å². The smallest absolute Gasteiger partial charge is 0.122 e. The molecule has 1 saturated carbocycles. The molecule has 0 saturated heterocycles. The number of rotatable bonds is 7. The molecule has 0 atom stereocenters. The molecule has 1 N–H and O–H groups in total. The second kappa shape index (κ2) is 6.62. The summed E-state index contributed by atoms with van der Waals surface area (Å²) in [5.74, 6) is 1.93. The van der Waals surface area contributed by atoms with Crippen LogP contribution < -0.4 is 10.1 Å². The fourth-order valence-electron chi connectivity index (χ4n) is 3.65. The van der Waals surface area contributed by atoms with Gasteiger partial charge < -0.3 is 10.1 Å². The molecule has 1 fully saturated rings. The summed E-state index contributed by atoms with van der Waals surface area (Å²) in [6, 6.07) is 6.77. The fourth-order valence-corrected chi connectivity index (χ4v) is 3.65. The molecular formula is C18H29NO. The molecule has 1 aliphatic carbocycles. The Kier molecular flexibility index (Phi) is 5.09. The predicted molar refractivity (Wildman–Crippen MR) is 85.6 cm³/mol. The van der Waals surface area contributed by atoms with E-state index in [0.717, 1.165) is 24.8 Å². The highest BCUT2D eigenvalue weighted by Gasteiger charge is 2.44. The van der Waals surface area contributed by atoms with Gasteiger partial charge in [0.2, 0.25) is 0 Å². The van der Waals surface area contributed by atoms with Crippen molar-refractivity contribution in [3.63, 3.8) is 0 Å². The monoisotopic (exact) mass is 275 g/mol. The van der Waals surface area contributed by atoms with Crippen LogP contribution in [0.15, 0.2) is 18.2 Å². The van der Waals surface area contributed by atoms with E-state index >= 15 is 0 Å². The van der Waals surface area contributed by atoms with E-state index in [0.29, 0.717) is 5.41 Å². The molecule has 0 aromatic heterocycles. The van der Waals surface area contributed by atoms with E-state index in [1.807, 2.05) is 0 Å². The molecule has 0 heterocycles.